The van der Waals surface area contributed by atoms with Crippen LogP contribution in [-0.4, -0.2) is 27.4 Å². The first-order valence-corrected chi connectivity index (χ1v) is 5.29. The molecule has 0 atom stereocenters. The van der Waals surface area contributed by atoms with Crippen molar-refractivity contribution >= 4 is 17.7 Å². The van der Waals surface area contributed by atoms with E-state index in [0.717, 1.165) is 5.56 Å². The van der Waals surface area contributed by atoms with E-state index >= 15 is 0 Å². The van der Waals surface area contributed by atoms with E-state index in [1.807, 2.05) is 20.8 Å². The number of rotatable bonds is 2. The summed E-state index contributed by atoms with van der Waals surface area (Å²) in [5.74, 6) is 0.514. The molecule has 0 spiro atoms. The largest absolute Gasteiger partial charge is 0.442 e. The maximum absolute atomic E-state index is 11.5. The van der Waals surface area contributed by atoms with Crippen LogP contribution in [0.2, 0.25) is 0 Å². The lowest BCUT2D eigenvalue weighted by atomic mass is 10.2. The Kier molecular flexibility index (Phi) is 3.74. The molecule has 0 amide bonds. The van der Waals surface area contributed by atoms with Crippen molar-refractivity contribution in [3.8, 4) is 0 Å². The van der Waals surface area contributed by atoms with Gasteiger partial charge in [0.2, 0.25) is 0 Å². The molecule has 0 N–H and O–H groups in total. The minimum absolute atomic E-state index is 0.469. The van der Waals surface area contributed by atoms with Crippen LogP contribution in [-0.2, 0) is 11.2 Å². The molecule has 0 saturated heterocycles. The van der Waals surface area contributed by atoms with Gasteiger partial charge in [-0.15, -0.1) is 11.6 Å². The number of aryl methyl sites for hydroxylation is 1. The molecule has 0 aliphatic rings. The molecule has 0 unspecified atom stereocenters. The Morgan fingerprint density at radius 3 is 2.80 bits per heavy atom. The second-order valence-corrected chi connectivity index (χ2v) is 4.59. The lowest BCUT2D eigenvalue weighted by Gasteiger charge is -2.18. The number of ether oxygens (including phenoxy) is 1. The van der Waals surface area contributed by atoms with Gasteiger partial charge in [0.25, 0.3) is 0 Å². The van der Waals surface area contributed by atoms with Crippen LogP contribution < -0.4 is 0 Å². The monoisotopic (exact) mass is 230 g/mol. The van der Waals surface area contributed by atoms with E-state index in [0.29, 0.717) is 12.3 Å². The highest BCUT2D eigenvalue weighted by Gasteiger charge is 2.18. The molecular weight excluding hydrogens is 216 g/mol. The fraction of sp³-hybridized carbons (Fsp3) is 0.600. The van der Waals surface area contributed by atoms with Crippen LogP contribution in [0.1, 0.15) is 26.3 Å². The smallest absolute Gasteiger partial charge is 0.435 e. The molecule has 0 fully saturated rings. The minimum Gasteiger partial charge on any atom is -0.442 e. The fourth-order valence-corrected chi connectivity index (χ4v) is 1.23. The fourth-order valence-electron chi connectivity index (χ4n) is 1.01. The molecule has 15 heavy (non-hydrogen) atoms. The predicted octanol–water partition coefficient (Wildman–Crippen LogP) is 2.45. The number of halogens is 1. The normalized spacial score (nSPS) is 11.5. The van der Waals surface area contributed by atoms with E-state index in [-0.39, 0.29) is 0 Å². The summed E-state index contributed by atoms with van der Waals surface area (Å²) in [7, 11) is 0. The molecule has 84 valence electrons. The van der Waals surface area contributed by atoms with E-state index in [4.69, 9.17) is 16.3 Å². The van der Waals surface area contributed by atoms with Crippen molar-refractivity contribution in [3.05, 3.63) is 18.0 Å². The topological polar surface area (TPSA) is 44.1 Å². The Morgan fingerprint density at radius 1 is 1.60 bits per heavy atom. The first kappa shape index (κ1) is 12.0. The van der Waals surface area contributed by atoms with Crippen molar-refractivity contribution in [3.63, 3.8) is 0 Å². The number of hydrogen-bond acceptors (Lipinski definition) is 3. The van der Waals surface area contributed by atoms with Gasteiger partial charge < -0.3 is 4.74 Å². The van der Waals surface area contributed by atoms with Gasteiger partial charge in [-0.25, -0.2) is 4.79 Å². The maximum atomic E-state index is 11.5. The maximum Gasteiger partial charge on any atom is 0.435 e. The molecule has 0 aromatic carbocycles. The van der Waals surface area contributed by atoms with Crippen LogP contribution in [0.3, 0.4) is 0 Å². The Morgan fingerprint density at radius 2 is 2.27 bits per heavy atom. The van der Waals surface area contributed by atoms with Gasteiger partial charge >= 0.3 is 6.09 Å². The van der Waals surface area contributed by atoms with Gasteiger partial charge in [0.15, 0.2) is 0 Å². The van der Waals surface area contributed by atoms with Crippen molar-refractivity contribution in [1.82, 2.24) is 9.78 Å². The molecule has 4 nitrogen and oxygen atoms in total. The highest BCUT2D eigenvalue weighted by molar-refractivity contribution is 6.17. The summed E-state index contributed by atoms with van der Waals surface area (Å²) in [4.78, 5) is 11.5. The van der Waals surface area contributed by atoms with Gasteiger partial charge in [-0.3, -0.25) is 0 Å². The van der Waals surface area contributed by atoms with Gasteiger partial charge in [-0.2, -0.15) is 9.78 Å². The van der Waals surface area contributed by atoms with Crippen molar-refractivity contribution < 1.29 is 9.53 Å². The molecule has 0 bridgehead atoms. The minimum atomic E-state index is -0.504. The van der Waals surface area contributed by atoms with Crippen LogP contribution in [0.5, 0.6) is 0 Å². The van der Waals surface area contributed by atoms with Crippen molar-refractivity contribution in [1.29, 1.82) is 0 Å². The summed E-state index contributed by atoms with van der Waals surface area (Å²) in [5, 5.41) is 3.90. The van der Waals surface area contributed by atoms with Crippen molar-refractivity contribution in [2.75, 3.05) is 5.88 Å². The Bertz CT molecular complexity index is 341. The molecule has 1 heterocycles. The molecular formula is C10H15ClN2O2. The van der Waals surface area contributed by atoms with Crippen molar-refractivity contribution in [2.45, 2.75) is 32.8 Å². The van der Waals surface area contributed by atoms with E-state index in [2.05, 4.69) is 5.10 Å². The van der Waals surface area contributed by atoms with Crippen LogP contribution in [0.25, 0.3) is 0 Å². The molecule has 1 aromatic heterocycles. The molecule has 1 aromatic rings. The van der Waals surface area contributed by atoms with Gasteiger partial charge in [0.05, 0.1) is 6.20 Å². The average molecular weight is 231 g/mol. The zero-order valence-corrected chi connectivity index (χ0v) is 9.91. The van der Waals surface area contributed by atoms with E-state index in [9.17, 15) is 4.79 Å². The third-order valence-corrected chi connectivity index (χ3v) is 1.79. The lowest BCUT2D eigenvalue weighted by Crippen LogP contribution is -2.27. The molecule has 0 aliphatic heterocycles. The van der Waals surface area contributed by atoms with Crippen LogP contribution in [0.4, 0.5) is 4.79 Å². The van der Waals surface area contributed by atoms with Gasteiger partial charge in [0.1, 0.15) is 5.60 Å². The summed E-state index contributed by atoms with van der Waals surface area (Å²) in [5.41, 5.74) is 0.422. The SMILES string of the molecule is CC(C)(C)OC(=O)n1cc(CCCl)cn1. The van der Waals surface area contributed by atoms with Crippen molar-refractivity contribution in [2.24, 2.45) is 0 Å². The van der Waals surface area contributed by atoms with Crippen LogP contribution >= 0.6 is 11.6 Å². The third-order valence-electron chi connectivity index (χ3n) is 1.60. The number of carbonyl (C=O) groups is 1. The summed E-state index contributed by atoms with van der Waals surface area (Å²) in [6.07, 6.45) is 3.48. The van der Waals surface area contributed by atoms with Crippen LogP contribution in [0.15, 0.2) is 12.4 Å². The number of nitrogens with zero attached hydrogens (tertiary/aromatic N) is 2. The quantitative estimate of drug-likeness (QED) is 0.733. The van der Waals surface area contributed by atoms with E-state index in [1.54, 1.807) is 12.4 Å². The molecule has 0 radical (unpaired) electrons. The van der Waals surface area contributed by atoms with Crippen LogP contribution in [0, 0.1) is 0 Å². The molecule has 1 rings (SSSR count). The van der Waals surface area contributed by atoms with E-state index < -0.39 is 11.7 Å². The third kappa shape index (κ3) is 3.91. The first-order valence-electron chi connectivity index (χ1n) is 4.75. The lowest BCUT2D eigenvalue weighted by molar-refractivity contribution is 0.0514. The predicted molar refractivity (Wildman–Crippen MR) is 58.3 cm³/mol. The second-order valence-electron chi connectivity index (χ2n) is 4.21. The number of aromatic nitrogens is 2. The van der Waals surface area contributed by atoms with Gasteiger partial charge in [-0.1, -0.05) is 0 Å². The summed E-state index contributed by atoms with van der Waals surface area (Å²) in [6, 6.07) is 0. The Balaban J connectivity index is 2.66. The zero-order valence-electron chi connectivity index (χ0n) is 9.16. The Hall–Kier alpha value is -1.03. The molecule has 5 heteroatoms. The highest BCUT2D eigenvalue weighted by Crippen LogP contribution is 2.09. The number of carbonyl (C=O) groups excluding carboxylic acids is 1. The number of hydrogen-bond donors (Lipinski definition) is 0. The summed E-state index contributed by atoms with van der Waals surface area (Å²) < 4.78 is 6.33. The highest BCUT2D eigenvalue weighted by atomic mass is 35.5. The summed E-state index contributed by atoms with van der Waals surface area (Å²) in [6.45, 7) is 5.44. The van der Waals surface area contributed by atoms with Gasteiger partial charge in [-0.05, 0) is 32.8 Å². The standard InChI is InChI=1S/C10H15ClN2O2/c1-10(2,3)15-9(14)13-7-8(4-5-11)6-12-13/h6-7H,4-5H2,1-3H3. The summed E-state index contributed by atoms with van der Waals surface area (Å²) >= 11 is 5.58. The average Bonchev–Trinajstić information content (AvgIpc) is 2.50. The Labute approximate surface area is 94.2 Å². The van der Waals surface area contributed by atoms with E-state index in [1.165, 1.54) is 4.68 Å². The first-order chi connectivity index (χ1) is 6.92. The van der Waals surface area contributed by atoms with Gasteiger partial charge in [0, 0.05) is 12.1 Å². The molecule has 0 aliphatic carbocycles. The zero-order chi connectivity index (χ0) is 11.5. The second kappa shape index (κ2) is 4.66. The molecule has 0 saturated carbocycles. The number of alkyl halides is 1.